The fourth-order valence-electron chi connectivity index (χ4n) is 0.845. The highest BCUT2D eigenvalue weighted by molar-refractivity contribution is 6.28. The molecule has 0 aliphatic carbocycles. The Labute approximate surface area is 99.2 Å². The number of aliphatic hydroxyl groups excluding tert-OH is 1. The second-order valence-corrected chi connectivity index (χ2v) is 3.28. The number of hydrogen-bond acceptors (Lipinski definition) is 6. The van der Waals surface area contributed by atoms with Gasteiger partial charge >= 0.3 is 6.18 Å². The molecule has 1 heterocycles. The minimum absolute atomic E-state index is 0.106. The molecule has 0 amide bonds. The molecule has 0 aromatic carbocycles. The zero-order valence-corrected chi connectivity index (χ0v) is 9.34. The number of rotatable bonds is 4. The first-order valence-electron chi connectivity index (χ1n) is 4.41. The van der Waals surface area contributed by atoms with Crippen LogP contribution >= 0.6 is 11.6 Å². The molecule has 3 N–H and O–H groups in total. The minimum Gasteiger partial charge on any atom is -0.382 e. The zero-order chi connectivity index (χ0) is 13.1. The summed E-state index contributed by atoms with van der Waals surface area (Å²) in [5.41, 5.74) is 0. The van der Waals surface area contributed by atoms with Gasteiger partial charge in [0.05, 0.1) is 6.54 Å². The van der Waals surface area contributed by atoms with Crippen LogP contribution in [-0.2, 0) is 0 Å². The van der Waals surface area contributed by atoms with Crippen molar-refractivity contribution in [1.29, 1.82) is 0 Å². The van der Waals surface area contributed by atoms with Gasteiger partial charge in [0.1, 0.15) is 0 Å². The number of aromatic nitrogens is 3. The maximum atomic E-state index is 12.0. The Kier molecular flexibility index (Phi) is 4.29. The van der Waals surface area contributed by atoms with E-state index in [1.54, 1.807) is 0 Å². The van der Waals surface area contributed by atoms with Crippen molar-refractivity contribution in [3.8, 4) is 0 Å². The Morgan fingerprint density at radius 2 is 1.88 bits per heavy atom. The molecule has 0 saturated heterocycles. The van der Waals surface area contributed by atoms with Crippen LogP contribution in [0.5, 0.6) is 0 Å². The van der Waals surface area contributed by atoms with Gasteiger partial charge in [-0.1, -0.05) is 0 Å². The molecular weight excluding hydrogens is 263 g/mol. The van der Waals surface area contributed by atoms with E-state index >= 15 is 0 Å². The third kappa shape index (κ3) is 4.19. The van der Waals surface area contributed by atoms with E-state index in [0.29, 0.717) is 0 Å². The molecule has 0 bridgehead atoms. The van der Waals surface area contributed by atoms with Crippen LogP contribution in [0.15, 0.2) is 0 Å². The van der Waals surface area contributed by atoms with Crippen LogP contribution in [0.3, 0.4) is 0 Å². The lowest BCUT2D eigenvalue weighted by Gasteiger charge is -2.15. The molecule has 1 atom stereocenters. The van der Waals surface area contributed by atoms with E-state index in [9.17, 15) is 13.2 Å². The van der Waals surface area contributed by atoms with Gasteiger partial charge in [-0.2, -0.15) is 28.1 Å². The van der Waals surface area contributed by atoms with E-state index in [0.717, 1.165) is 0 Å². The molecule has 0 fully saturated rings. The average Bonchev–Trinajstić information content (AvgIpc) is 2.23. The van der Waals surface area contributed by atoms with Crippen molar-refractivity contribution in [2.45, 2.75) is 12.3 Å². The highest BCUT2D eigenvalue weighted by Gasteiger charge is 2.38. The number of nitrogens with zero attached hydrogens (tertiary/aromatic N) is 3. The van der Waals surface area contributed by atoms with Crippen molar-refractivity contribution >= 4 is 23.5 Å². The molecule has 1 aromatic rings. The molecule has 96 valence electrons. The Morgan fingerprint density at radius 1 is 1.29 bits per heavy atom. The molecule has 10 heteroatoms. The van der Waals surface area contributed by atoms with Gasteiger partial charge in [-0.05, 0) is 11.6 Å². The lowest BCUT2D eigenvalue weighted by Crippen LogP contribution is -2.35. The smallest absolute Gasteiger partial charge is 0.382 e. The highest BCUT2D eigenvalue weighted by Crippen LogP contribution is 2.20. The molecule has 0 saturated carbocycles. The fraction of sp³-hybridized carbons (Fsp3) is 0.571. The van der Waals surface area contributed by atoms with Gasteiger partial charge < -0.3 is 15.7 Å². The van der Waals surface area contributed by atoms with E-state index in [2.05, 4.69) is 25.6 Å². The van der Waals surface area contributed by atoms with Crippen LogP contribution in [0.4, 0.5) is 25.1 Å². The summed E-state index contributed by atoms with van der Waals surface area (Å²) in [6.07, 6.45) is -7.20. The molecule has 17 heavy (non-hydrogen) atoms. The van der Waals surface area contributed by atoms with E-state index < -0.39 is 18.8 Å². The topological polar surface area (TPSA) is 83.0 Å². The second-order valence-electron chi connectivity index (χ2n) is 2.94. The normalized spacial score (nSPS) is 13.3. The SMILES string of the molecule is CNc1nc(Cl)nc(NCC(O)C(F)(F)F)n1. The Bertz CT molecular complexity index is 388. The zero-order valence-electron chi connectivity index (χ0n) is 8.59. The molecule has 6 nitrogen and oxygen atoms in total. The molecule has 0 radical (unpaired) electrons. The van der Waals surface area contributed by atoms with Crippen molar-refractivity contribution in [2.24, 2.45) is 0 Å². The van der Waals surface area contributed by atoms with Gasteiger partial charge in [-0.25, -0.2) is 0 Å². The minimum atomic E-state index is -4.70. The number of halogens is 4. The summed E-state index contributed by atoms with van der Waals surface area (Å²) in [4.78, 5) is 10.9. The van der Waals surface area contributed by atoms with E-state index in [1.807, 2.05) is 0 Å². The van der Waals surface area contributed by atoms with Crippen molar-refractivity contribution in [3.63, 3.8) is 0 Å². The van der Waals surface area contributed by atoms with Crippen molar-refractivity contribution < 1.29 is 18.3 Å². The lowest BCUT2D eigenvalue weighted by atomic mass is 10.3. The predicted octanol–water partition coefficient (Wildman–Crippen LogP) is 0.902. The number of alkyl halides is 3. The second kappa shape index (κ2) is 5.32. The van der Waals surface area contributed by atoms with Crippen LogP contribution in [-0.4, -0.2) is 45.9 Å². The summed E-state index contributed by atoms with van der Waals surface area (Å²) in [5, 5.41) is 13.3. The first kappa shape index (κ1) is 13.7. The lowest BCUT2D eigenvalue weighted by molar-refractivity contribution is -0.198. The summed E-state index contributed by atoms with van der Waals surface area (Å²) in [6, 6.07) is 0. The number of aliphatic hydroxyl groups is 1. The first-order valence-corrected chi connectivity index (χ1v) is 4.78. The maximum absolute atomic E-state index is 12.0. The summed E-state index contributed by atoms with van der Waals surface area (Å²) in [6.45, 7) is -0.771. The highest BCUT2D eigenvalue weighted by atomic mass is 35.5. The van der Waals surface area contributed by atoms with Crippen LogP contribution in [0, 0.1) is 0 Å². The molecule has 1 unspecified atom stereocenters. The number of nitrogens with one attached hydrogen (secondary N) is 2. The largest absolute Gasteiger partial charge is 0.416 e. The third-order valence-corrected chi connectivity index (χ3v) is 1.83. The Balaban J connectivity index is 2.66. The monoisotopic (exact) mass is 271 g/mol. The standard InChI is InChI=1S/C7H9ClF3N5O/c1-12-5-14-4(8)15-6(16-5)13-2-3(17)7(9,10)11/h3,17H,2H2,1H3,(H2,12,13,14,15,16). The van der Waals surface area contributed by atoms with Gasteiger partial charge in [0.15, 0.2) is 6.10 Å². The van der Waals surface area contributed by atoms with E-state index in [1.165, 1.54) is 7.05 Å². The van der Waals surface area contributed by atoms with Crippen LogP contribution in [0.1, 0.15) is 0 Å². The molecule has 1 aromatic heterocycles. The van der Waals surface area contributed by atoms with Crippen molar-refractivity contribution in [1.82, 2.24) is 15.0 Å². The summed E-state index contributed by atoms with van der Waals surface area (Å²) in [7, 11) is 1.51. The average molecular weight is 272 g/mol. The van der Waals surface area contributed by atoms with Gasteiger partial charge in [-0.3, -0.25) is 0 Å². The molecular formula is C7H9ClF3N5O. The number of anilines is 2. The summed E-state index contributed by atoms with van der Waals surface area (Å²) < 4.78 is 36.0. The van der Waals surface area contributed by atoms with Crippen LogP contribution < -0.4 is 10.6 Å². The summed E-state index contributed by atoms with van der Waals surface area (Å²) in [5.74, 6) is -0.0494. The molecule has 1 rings (SSSR count). The molecule has 0 aliphatic heterocycles. The molecule has 0 aliphatic rings. The predicted molar refractivity (Wildman–Crippen MR) is 54.9 cm³/mol. The van der Waals surface area contributed by atoms with Gasteiger partial charge in [-0.15, -0.1) is 0 Å². The van der Waals surface area contributed by atoms with Crippen molar-refractivity contribution in [2.75, 3.05) is 24.2 Å². The fourth-order valence-corrected chi connectivity index (χ4v) is 1.00. The van der Waals surface area contributed by atoms with Crippen LogP contribution in [0.25, 0.3) is 0 Å². The van der Waals surface area contributed by atoms with Gasteiger partial charge in [0.2, 0.25) is 17.2 Å². The number of hydrogen-bond donors (Lipinski definition) is 3. The van der Waals surface area contributed by atoms with Crippen molar-refractivity contribution in [3.05, 3.63) is 5.28 Å². The Morgan fingerprint density at radius 3 is 2.41 bits per heavy atom. The quantitative estimate of drug-likeness (QED) is 0.755. The summed E-state index contributed by atoms with van der Waals surface area (Å²) >= 11 is 5.51. The first-order chi connectivity index (χ1) is 7.82. The molecule has 0 spiro atoms. The third-order valence-electron chi connectivity index (χ3n) is 1.66. The van der Waals surface area contributed by atoms with Gasteiger partial charge in [0.25, 0.3) is 0 Å². The van der Waals surface area contributed by atoms with E-state index in [4.69, 9.17) is 16.7 Å². The van der Waals surface area contributed by atoms with E-state index in [-0.39, 0.29) is 17.2 Å². The van der Waals surface area contributed by atoms with Crippen LogP contribution in [0.2, 0.25) is 5.28 Å². The Hall–Kier alpha value is -1.35. The maximum Gasteiger partial charge on any atom is 0.416 e. The van der Waals surface area contributed by atoms with Gasteiger partial charge in [0, 0.05) is 7.05 Å².